The molecule has 0 aromatic carbocycles. The molecule has 2 aliphatic rings. The van der Waals surface area contributed by atoms with E-state index in [1.165, 1.54) is 50.3 Å². The van der Waals surface area contributed by atoms with Gasteiger partial charge in [0.15, 0.2) is 5.96 Å². The van der Waals surface area contributed by atoms with Gasteiger partial charge in [0.05, 0.1) is 5.69 Å². The molecule has 1 saturated heterocycles. The summed E-state index contributed by atoms with van der Waals surface area (Å²) in [7, 11) is 0. The number of rotatable bonds is 6. The van der Waals surface area contributed by atoms with E-state index in [0.717, 1.165) is 30.5 Å². The van der Waals surface area contributed by atoms with E-state index in [-0.39, 0.29) is 24.0 Å². The normalized spacial score (nSPS) is 20.3. The summed E-state index contributed by atoms with van der Waals surface area (Å²) in [6.07, 6.45) is 5.27. The zero-order valence-corrected chi connectivity index (χ0v) is 20.0. The summed E-state index contributed by atoms with van der Waals surface area (Å²) in [5.74, 6) is 4.94. The van der Waals surface area contributed by atoms with Gasteiger partial charge in [0, 0.05) is 43.2 Å². The summed E-state index contributed by atoms with van der Waals surface area (Å²) in [6, 6.07) is 0. The number of nitrogens with zero attached hydrogens (tertiary/aromatic N) is 3. The largest absolute Gasteiger partial charge is 0.444 e. The van der Waals surface area contributed by atoms with Crippen molar-refractivity contribution < 1.29 is 4.42 Å². The highest BCUT2D eigenvalue weighted by Crippen LogP contribution is 2.36. The van der Waals surface area contributed by atoms with Crippen LogP contribution >= 0.6 is 35.7 Å². The molecule has 3 rings (SSSR count). The molecule has 0 spiro atoms. The van der Waals surface area contributed by atoms with Gasteiger partial charge in [-0.15, -0.1) is 24.0 Å². The first-order valence-corrected chi connectivity index (χ1v) is 11.1. The Bertz CT molecular complexity index is 590. The average Bonchev–Trinajstić information content (AvgIpc) is 3.26. The Balaban J connectivity index is 0.00000261. The van der Waals surface area contributed by atoms with Gasteiger partial charge in [-0.1, -0.05) is 12.8 Å². The molecule has 2 N–H and O–H groups in total. The Morgan fingerprint density at radius 1 is 1.22 bits per heavy atom. The number of aromatic nitrogens is 1. The fourth-order valence-electron chi connectivity index (χ4n) is 4.02. The number of nitrogens with one attached hydrogen (secondary N) is 2. The maximum atomic E-state index is 5.65. The first kappa shape index (κ1) is 22.8. The molecule has 27 heavy (non-hydrogen) atoms. The van der Waals surface area contributed by atoms with E-state index in [1.807, 2.05) is 13.8 Å². The van der Waals surface area contributed by atoms with Gasteiger partial charge >= 0.3 is 0 Å². The van der Waals surface area contributed by atoms with Crippen molar-refractivity contribution in [3.63, 3.8) is 0 Å². The van der Waals surface area contributed by atoms with Crippen LogP contribution in [0.15, 0.2) is 9.41 Å². The molecule has 0 amide bonds. The molecule has 1 aliphatic carbocycles. The molecule has 8 heteroatoms. The zero-order valence-electron chi connectivity index (χ0n) is 16.8. The quantitative estimate of drug-likeness (QED) is 0.350. The van der Waals surface area contributed by atoms with Crippen molar-refractivity contribution in [3.05, 3.63) is 17.3 Å². The van der Waals surface area contributed by atoms with E-state index in [9.17, 15) is 0 Å². The Morgan fingerprint density at radius 3 is 2.52 bits per heavy atom. The number of hydrogen-bond acceptors (Lipinski definition) is 5. The number of guanidine groups is 1. The molecule has 154 valence electrons. The second-order valence-corrected chi connectivity index (χ2v) is 8.55. The summed E-state index contributed by atoms with van der Waals surface area (Å²) in [5, 5.41) is 6.98. The van der Waals surface area contributed by atoms with Crippen molar-refractivity contribution in [2.75, 3.05) is 37.7 Å². The number of thioether (sulfide) groups is 1. The lowest BCUT2D eigenvalue weighted by molar-refractivity contribution is 0.107. The van der Waals surface area contributed by atoms with E-state index in [2.05, 4.69) is 39.2 Å². The van der Waals surface area contributed by atoms with Crippen molar-refractivity contribution in [2.45, 2.75) is 58.5 Å². The van der Waals surface area contributed by atoms with Crippen LogP contribution in [0.2, 0.25) is 0 Å². The van der Waals surface area contributed by atoms with Crippen LogP contribution in [-0.4, -0.2) is 59.1 Å². The van der Waals surface area contributed by atoms with E-state index in [1.54, 1.807) is 0 Å². The van der Waals surface area contributed by atoms with Crippen molar-refractivity contribution in [3.8, 4) is 0 Å². The van der Waals surface area contributed by atoms with E-state index in [0.29, 0.717) is 18.0 Å². The van der Waals surface area contributed by atoms with Gasteiger partial charge < -0.3 is 15.1 Å². The third-order valence-electron chi connectivity index (χ3n) is 5.59. The van der Waals surface area contributed by atoms with Gasteiger partial charge in [0.1, 0.15) is 12.3 Å². The summed E-state index contributed by atoms with van der Waals surface area (Å²) in [4.78, 5) is 11.8. The second kappa shape index (κ2) is 10.9. The molecular weight excluding hydrogens is 473 g/mol. The molecule has 0 unspecified atom stereocenters. The van der Waals surface area contributed by atoms with E-state index >= 15 is 0 Å². The second-order valence-electron chi connectivity index (χ2n) is 7.33. The predicted octanol–water partition coefficient (Wildman–Crippen LogP) is 3.33. The Labute approximate surface area is 184 Å². The molecular formula is C19H34IN5OS. The lowest BCUT2D eigenvalue weighted by Gasteiger charge is -2.43. The highest BCUT2D eigenvalue weighted by molar-refractivity contribution is 14.0. The Morgan fingerprint density at radius 2 is 1.93 bits per heavy atom. The van der Waals surface area contributed by atoms with Gasteiger partial charge in [-0.3, -0.25) is 4.90 Å². The van der Waals surface area contributed by atoms with Gasteiger partial charge in [0.2, 0.25) is 5.89 Å². The Hall–Kier alpha value is -0.480. The summed E-state index contributed by atoms with van der Waals surface area (Å²) < 4.78 is 5.65. The first-order chi connectivity index (χ1) is 12.6. The minimum absolute atomic E-state index is 0. The van der Waals surface area contributed by atoms with Gasteiger partial charge in [-0.25, -0.2) is 9.98 Å². The molecule has 2 heterocycles. The maximum Gasteiger partial charge on any atom is 0.216 e. The molecule has 2 fully saturated rings. The van der Waals surface area contributed by atoms with Crippen LogP contribution in [0.1, 0.15) is 50.0 Å². The fourth-order valence-corrected chi connectivity index (χ4v) is 4.92. The van der Waals surface area contributed by atoms with Gasteiger partial charge in [0.25, 0.3) is 0 Å². The fraction of sp³-hybridized carbons (Fsp3) is 0.789. The number of aryl methyl sites for hydroxylation is 2. The van der Waals surface area contributed by atoms with Crippen molar-refractivity contribution in [1.82, 2.24) is 20.5 Å². The van der Waals surface area contributed by atoms with Gasteiger partial charge in [-0.05, 0) is 33.6 Å². The van der Waals surface area contributed by atoms with Crippen LogP contribution in [0.4, 0.5) is 0 Å². The predicted molar refractivity (Wildman–Crippen MR) is 124 cm³/mol. The van der Waals surface area contributed by atoms with Crippen molar-refractivity contribution >= 4 is 41.7 Å². The van der Waals surface area contributed by atoms with Crippen LogP contribution in [-0.2, 0) is 6.54 Å². The van der Waals surface area contributed by atoms with E-state index in [4.69, 9.17) is 9.41 Å². The van der Waals surface area contributed by atoms with Gasteiger partial charge in [-0.2, -0.15) is 11.8 Å². The average molecular weight is 507 g/mol. The van der Waals surface area contributed by atoms with Crippen LogP contribution in [0.3, 0.4) is 0 Å². The molecule has 6 nitrogen and oxygen atoms in total. The summed E-state index contributed by atoms with van der Waals surface area (Å²) in [6.45, 7) is 10.7. The monoisotopic (exact) mass is 507 g/mol. The van der Waals surface area contributed by atoms with Crippen LogP contribution < -0.4 is 10.6 Å². The molecule has 0 radical (unpaired) electrons. The SMILES string of the molecule is CCNC(=NCc1nc(C)c(C)o1)NCC1(N2CCSCC2)CCCC1.I. The first-order valence-electron chi connectivity index (χ1n) is 9.91. The third kappa shape index (κ3) is 6.00. The molecule has 0 bridgehead atoms. The summed E-state index contributed by atoms with van der Waals surface area (Å²) in [5.41, 5.74) is 1.24. The molecule has 1 aliphatic heterocycles. The molecule has 0 atom stereocenters. The standard InChI is InChI=1S/C19H33N5OS.HI/c1-4-20-18(21-13-17-23-15(2)16(3)25-17)22-14-19(7-5-6-8-19)24-9-11-26-12-10-24;/h4-14H2,1-3H3,(H2,20,21,22);1H. The van der Waals surface area contributed by atoms with Crippen LogP contribution in [0.25, 0.3) is 0 Å². The van der Waals surface area contributed by atoms with Crippen molar-refractivity contribution in [2.24, 2.45) is 4.99 Å². The minimum Gasteiger partial charge on any atom is -0.444 e. The summed E-state index contributed by atoms with van der Waals surface area (Å²) >= 11 is 2.08. The Kier molecular flexibility index (Phi) is 9.21. The molecule has 1 aromatic rings. The zero-order chi connectivity index (χ0) is 18.4. The lowest BCUT2D eigenvalue weighted by Crippen LogP contribution is -2.57. The highest BCUT2D eigenvalue weighted by Gasteiger charge is 2.39. The lowest BCUT2D eigenvalue weighted by atomic mass is 9.94. The number of hydrogen-bond donors (Lipinski definition) is 2. The molecule has 1 saturated carbocycles. The van der Waals surface area contributed by atoms with Crippen LogP contribution in [0.5, 0.6) is 0 Å². The number of oxazole rings is 1. The minimum atomic E-state index is 0. The third-order valence-corrected chi connectivity index (χ3v) is 6.53. The van der Waals surface area contributed by atoms with Crippen LogP contribution in [0, 0.1) is 13.8 Å². The smallest absolute Gasteiger partial charge is 0.216 e. The topological polar surface area (TPSA) is 65.7 Å². The van der Waals surface area contributed by atoms with Crippen molar-refractivity contribution in [1.29, 1.82) is 0 Å². The number of halogens is 1. The maximum absolute atomic E-state index is 5.65. The highest BCUT2D eigenvalue weighted by atomic mass is 127. The molecule has 1 aromatic heterocycles. The number of aliphatic imine (C=N–C) groups is 1. The van der Waals surface area contributed by atoms with E-state index < -0.39 is 0 Å².